The van der Waals surface area contributed by atoms with Gasteiger partial charge in [0.15, 0.2) is 9.84 Å². The fourth-order valence-electron chi connectivity index (χ4n) is 1.97. The Morgan fingerprint density at radius 3 is 2.36 bits per heavy atom. The molecule has 0 fully saturated rings. The first kappa shape index (κ1) is 19.0. The summed E-state index contributed by atoms with van der Waals surface area (Å²) in [6, 6.07) is 6.12. The minimum atomic E-state index is -3.25. The summed E-state index contributed by atoms with van der Waals surface area (Å²) < 4.78 is 35.4. The van der Waals surface area contributed by atoms with E-state index in [1.165, 1.54) is 35.4 Å². The monoisotopic (exact) mass is 366 g/mol. The largest absolute Gasteiger partial charge is 0.490 e. The minimum Gasteiger partial charge on any atom is -0.490 e. The first-order valence-electron chi connectivity index (χ1n) is 7.69. The second kappa shape index (κ2) is 7.26. The Morgan fingerprint density at radius 2 is 1.88 bits per heavy atom. The summed E-state index contributed by atoms with van der Waals surface area (Å²) in [6.07, 6.45) is 4.48. The lowest BCUT2D eigenvalue weighted by Crippen LogP contribution is -2.37. The van der Waals surface area contributed by atoms with E-state index < -0.39 is 22.0 Å². The molecule has 0 aliphatic rings. The molecular weight excluding hydrogens is 344 g/mol. The Morgan fingerprint density at radius 1 is 1.24 bits per heavy atom. The molecular formula is C17H22N2O5S. The van der Waals surface area contributed by atoms with Crippen molar-refractivity contribution in [3.63, 3.8) is 0 Å². The van der Waals surface area contributed by atoms with Crippen LogP contribution in [-0.2, 0) is 14.6 Å². The molecule has 136 valence electrons. The van der Waals surface area contributed by atoms with Crippen molar-refractivity contribution in [3.05, 3.63) is 43.0 Å². The molecule has 8 heteroatoms. The van der Waals surface area contributed by atoms with Crippen LogP contribution >= 0.6 is 0 Å². The number of hydrogen-bond acceptors (Lipinski definition) is 6. The van der Waals surface area contributed by atoms with E-state index in [1.807, 2.05) is 20.8 Å². The molecule has 0 amide bonds. The van der Waals surface area contributed by atoms with Crippen LogP contribution in [0.15, 0.2) is 47.9 Å². The number of carbonyl (C=O) groups excluding carboxylic acids is 1. The van der Waals surface area contributed by atoms with Gasteiger partial charge in [0.1, 0.15) is 24.8 Å². The van der Waals surface area contributed by atoms with E-state index in [-0.39, 0.29) is 16.9 Å². The molecule has 0 radical (unpaired) electrons. The number of aromatic nitrogens is 2. The summed E-state index contributed by atoms with van der Waals surface area (Å²) in [6.45, 7) is 5.96. The summed E-state index contributed by atoms with van der Waals surface area (Å²) in [5.74, 6) is 0.500. The lowest BCUT2D eigenvalue weighted by atomic mass is 9.89. The van der Waals surface area contributed by atoms with Crippen molar-refractivity contribution >= 4 is 15.9 Å². The van der Waals surface area contributed by atoms with E-state index in [1.54, 1.807) is 12.1 Å². The van der Waals surface area contributed by atoms with Crippen LogP contribution in [0.5, 0.6) is 5.75 Å². The maximum Gasteiger partial charge on any atom is 0.419 e. The lowest BCUT2D eigenvalue weighted by Gasteiger charge is -2.30. The van der Waals surface area contributed by atoms with Crippen LogP contribution < -0.4 is 4.74 Å². The van der Waals surface area contributed by atoms with E-state index >= 15 is 0 Å². The first-order chi connectivity index (χ1) is 11.6. The highest BCUT2D eigenvalue weighted by Crippen LogP contribution is 2.24. The van der Waals surface area contributed by atoms with Gasteiger partial charge in [-0.05, 0) is 24.3 Å². The van der Waals surface area contributed by atoms with Gasteiger partial charge >= 0.3 is 6.09 Å². The molecule has 1 unspecified atom stereocenters. The molecule has 1 atom stereocenters. The fourth-order valence-corrected chi connectivity index (χ4v) is 2.60. The molecule has 0 bridgehead atoms. The number of hydrogen-bond donors (Lipinski definition) is 0. The Balaban J connectivity index is 2.04. The Labute approximate surface area is 147 Å². The molecule has 1 heterocycles. The summed E-state index contributed by atoms with van der Waals surface area (Å²) in [4.78, 5) is 16.1. The van der Waals surface area contributed by atoms with Crippen molar-refractivity contribution in [2.45, 2.75) is 31.8 Å². The van der Waals surface area contributed by atoms with Gasteiger partial charge in [0, 0.05) is 24.1 Å². The van der Waals surface area contributed by atoms with Gasteiger partial charge in [-0.25, -0.2) is 22.8 Å². The van der Waals surface area contributed by atoms with Crippen molar-refractivity contribution in [1.29, 1.82) is 0 Å². The molecule has 0 spiro atoms. The van der Waals surface area contributed by atoms with E-state index in [2.05, 4.69) is 4.98 Å². The molecule has 0 N–H and O–H groups in total. The third-order valence-electron chi connectivity index (χ3n) is 3.58. The number of ether oxygens (including phenoxy) is 2. The normalized spacial score (nSPS) is 13.3. The summed E-state index contributed by atoms with van der Waals surface area (Å²) in [7, 11) is -3.25. The number of carbonyl (C=O) groups is 1. The third-order valence-corrected chi connectivity index (χ3v) is 4.71. The number of nitrogens with zero attached hydrogens (tertiary/aromatic N) is 2. The molecule has 1 aromatic heterocycles. The van der Waals surface area contributed by atoms with Crippen LogP contribution in [0.3, 0.4) is 0 Å². The number of imidazole rings is 1. The Kier molecular flexibility index (Phi) is 5.52. The highest BCUT2D eigenvalue weighted by molar-refractivity contribution is 7.90. The molecule has 1 aromatic carbocycles. The third kappa shape index (κ3) is 5.32. The quantitative estimate of drug-likeness (QED) is 0.808. The number of rotatable bonds is 5. The summed E-state index contributed by atoms with van der Waals surface area (Å²) >= 11 is 0. The average molecular weight is 366 g/mol. The van der Waals surface area contributed by atoms with Gasteiger partial charge in [0.2, 0.25) is 0 Å². The predicted molar refractivity (Wildman–Crippen MR) is 92.4 cm³/mol. The first-order valence-corrected chi connectivity index (χ1v) is 9.58. The molecule has 2 aromatic rings. The maximum absolute atomic E-state index is 12.1. The van der Waals surface area contributed by atoms with Gasteiger partial charge in [-0.3, -0.25) is 0 Å². The standard InChI is InChI=1S/C17H22N2O5S/c1-17(2,3)15(24-16(20)19-10-9-18-12-19)11-23-13-5-7-14(8-6-13)25(4,21)22/h5-10,12,15H,11H2,1-4H3. The van der Waals surface area contributed by atoms with Crippen molar-refractivity contribution in [1.82, 2.24) is 9.55 Å². The number of sulfone groups is 1. The number of benzene rings is 1. The van der Waals surface area contributed by atoms with Crippen molar-refractivity contribution in [3.8, 4) is 5.75 Å². The minimum absolute atomic E-state index is 0.141. The van der Waals surface area contributed by atoms with E-state index in [0.29, 0.717) is 5.75 Å². The SMILES string of the molecule is CC(C)(C)C(COc1ccc(S(C)(=O)=O)cc1)OC(=O)n1ccnc1. The zero-order valence-electron chi connectivity index (χ0n) is 14.7. The van der Waals surface area contributed by atoms with E-state index in [4.69, 9.17) is 9.47 Å². The van der Waals surface area contributed by atoms with Gasteiger partial charge in [-0.1, -0.05) is 20.8 Å². The van der Waals surface area contributed by atoms with Gasteiger partial charge in [0.05, 0.1) is 4.90 Å². The van der Waals surface area contributed by atoms with Crippen molar-refractivity contribution in [2.24, 2.45) is 5.41 Å². The van der Waals surface area contributed by atoms with Crippen LogP contribution in [0.2, 0.25) is 0 Å². The fraction of sp³-hybridized carbons (Fsp3) is 0.412. The smallest absolute Gasteiger partial charge is 0.419 e. The lowest BCUT2D eigenvalue weighted by molar-refractivity contribution is 0.00208. The van der Waals surface area contributed by atoms with Crippen LogP contribution in [-0.4, -0.2) is 43.0 Å². The Hall–Kier alpha value is -2.35. The molecule has 0 aliphatic carbocycles. The molecule has 2 rings (SSSR count). The summed E-state index contributed by atoms with van der Waals surface area (Å²) in [5, 5.41) is 0. The molecule has 0 saturated heterocycles. The highest BCUT2D eigenvalue weighted by Gasteiger charge is 2.29. The molecule has 0 saturated carbocycles. The maximum atomic E-state index is 12.1. The van der Waals surface area contributed by atoms with Gasteiger partial charge in [-0.15, -0.1) is 0 Å². The van der Waals surface area contributed by atoms with Crippen molar-refractivity contribution < 1.29 is 22.7 Å². The average Bonchev–Trinajstić information content (AvgIpc) is 3.04. The van der Waals surface area contributed by atoms with Crippen LogP contribution in [0.1, 0.15) is 20.8 Å². The second-order valence-corrected chi connectivity index (χ2v) is 8.78. The van der Waals surface area contributed by atoms with Crippen LogP contribution in [0, 0.1) is 5.41 Å². The zero-order chi connectivity index (χ0) is 18.7. The van der Waals surface area contributed by atoms with Crippen molar-refractivity contribution in [2.75, 3.05) is 12.9 Å². The van der Waals surface area contributed by atoms with Gasteiger partial charge in [0.25, 0.3) is 0 Å². The van der Waals surface area contributed by atoms with Gasteiger partial charge in [-0.2, -0.15) is 0 Å². The van der Waals surface area contributed by atoms with E-state index in [0.717, 1.165) is 6.26 Å². The Bertz CT molecular complexity index is 806. The molecule has 0 aliphatic heterocycles. The molecule has 25 heavy (non-hydrogen) atoms. The zero-order valence-corrected chi connectivity index (χ0v) is 15.5. The second-order valence-electron chi connectivity index (χ2n) is 6.76. The molecule has 7 nitrogen and oxygen atoms in total. The van der Waals surface area contributed by atoms with E-state index in [9.17, 15) is 13.2 Å². The van der Waals surface area contributed by atoms with Crippen LogP contribution in [0.4, 0.5) is 4.79 Å². The summed E-state index contributed by atoms with van der Waals surface area (Å²) in [5.41, 5.74) is -0.344. The van der Waals surface area contributed by atoms with Crippen LogP contribution in [0.25, 0.3) is 0 Å². The van der Waals surface area contributed by atoms with Gasteiger partial charge < -0.3 is 9.47 Å². The topological polar surface area (TPSA) is 87.5 Å². The predicted octanol–water partition coefficient (Wildman–Crippen LogP) is 2.77. The highest BCUT2D eigenvalue weighted by atomic mass is 32.2.